The molecular formula is C21H21FN2O3S. The van der Waals surface area contributed by atoms with E-state index in [9.17, 15) is 17.6 Å². The van der Waals surface area contributed by atoms with Gasteiger partial charge in [0.1, 0.15) is 5.82 Å². The summed E-state index contributed by atoms with van der Waals surface area (Å²) >= 11 is 0. The predicted molar refractivity (Wildman–Crippen MR) is 107 cm³/mol. The monoisotopic (exact) mass is 400 g/mol. The summed E-state index contributed by atoms with van der Waals surface area (Å²) in [6.45, 7) is 6.96. The lowest BCUT2D eigenvalue weighted by Crippen LogP contribution is -2.15. The number of hydrogen-bond donors (Lipinski definition) is 1. The Balaban J connectivity index is 1.72. The minimum atomic E-state index is -3.84. The van der Waals surface area contributed by atoms with Crippen molar-refractivity contribution in [3.8, 4) is 0 Å². The summed E-state index contributed by atoms with van der Waals surface area (Å²) < 4.78 is 39.0. The fourth-order valence-corrected chi connectivity index (χ4v) is 4.55. The lowest BCUT2D eigenvalue weighted by Gasteiger charge is -2.09. The Kier molecular flexibility index (Phi) is 5.47. The van der Waals surface area contributed by atoms with Crippen LogP contribution in [0.25, 0.3) is 0 Å². The Hall–Kier alpha value is -2.80. The van der Waals surface area contributed by atoms with Gasteiger partial charge in [-0.1, -0.05) is 5.57 Å². The largest absolute Gasteiger partial charge is 0.326 e. The highest BCUT2D eigenvalue weighted by atomic mass is 32.2. The van der Waals surface area contributed by atoms with Crippen molar-refractivity contribution in [2.75, 3.05) is 5.32 Å². The van der Waals surface area contributed by atoms with Gasteiger partial charge in [-0.2, -0.15) is 0 Å². The Morgan fingerprint density at radius 2 is 1.86 bits per heavy atom. The molecule has 0 heterocycles. The summed E-state index contributed by atoms with van der Waals surface area (Å²) in [6.07, 6.45) is 2.42. The summed E-state index contributed by atoms with van der Waals surface area (Å²) in [4.78, 5) is 16.0. The summed E-state index contributed by atoms with van der Waals surface area (Å²) in [5, 5.41) is 2.80. The topological polar surface area (TPSA) is 75.6 Å². The molecule has 28 heavy (non-hydrogen) atoms. The number of allylic oxidation sites excluding steroid dienone is 1. The van der Waals surface area contributed by atoms with Gasteiger partial charge in [-0.15, -0.1) is 0 Å². The van der Waals surface area contributed by atoms with Gasteiger partial charge in [0.05, 0.1) is 9.79 Å². The molecule has 2 unspecified atom stereocenters. The van der Waals surface area contributed by atoms with Crippen molar-refractivity contribution in [2.24, 2.45) is 16.8 Å². The lowest BCUT2D eigenvalue weighted by atomic mass is 10.1. The van der Waals surface area contributed by atoms with Crippen molar-refractivity contribution in [3.63, 3.8) is 0 Å². The van der Waals surface area contributed by atoms with Crippen molar-refractivity contribution < 1.29 is 17.6 Å². The summed E-state index contributed by atoms with van der Waals surface area (Å²) in [5.41, 5.74) is 2.05. The molecule has 1 N–H and O–H groups in total. The van der Waals surface area contributed by atoms with Gasteiger partial charge in [0.2, 0.25) is 15.7 Å². The SMILES string of the molecule is C=N/C=C(\C)C1CC1C(=O)Nc1ccc(S(=O)(=O)c2cc(C)cc(F)c2)cc1. The average molecular weight is 400 g/mol. The molecule has 2 aromatic rings. The number of halogens is 1. The summed E-state index contributed by atoms with van der Waals surface area (Å²) in [6, 6.07) is 9.56. The van der Waals surface area contributed by atoms with E-state index in [4.69, 9.17) is 0 Å². The minimum Gasteiger partial charge on any atom is -0.326 e. The molecule has 0 radical (unpaired) electrons. The number of aliphatic imine (C=N–C) groups is 1. The molecule has 5 nitrogen and oxygen atoms in total. The Bertz CT molecular complexity index is 1040. The number of nitrogens with zero attached hydrogens (tertiary/aromatic N) is 1. The first-order chi connectivity index (χ1) is 13.2. The third-order valence-electron chi connectivity index (χ3n) is 4.77. The molecule has 1 amide bonds. The number of aryl methyl sites for hydroxylation is 1. The molecule has 2 atom stereocenters. The highest BCUT2D eigenvalue weighted by molar-refractivity contribution is 7.91. The zero-order valence-corrected chi connectivity index (χ0v) is 16.5. The molecule has 2 aromatic carbocycles. The first-order valence-corrected chi connectivity index (χ1v) is 10.3. The normalized spacial score (nSPS) is 19.2. The Labute approximate surface area is 163 Å². The van der Waals surface area contributed by atoms with Crippen LogP contribution in [0.5, 0.6) is 0 Å². The molecule has 0 bridgehead atoms. The van der Waals surface area contributed by atoms with Gasteiger partial charge < -0.3 is 5.32 Å². The molecule has 0 saturated heterocycles. The molecular weight excluding hydrogens is 379 g/mol. The molecule has 1 aliphatic rings. The second-order valence-corrected chi connectivity index (χ2v) is 8.94. The second-order valence-electron chi connectivity index (χ2n) is 6.99. The van der Waals surface area contributed by atoms with Crippen LogP contribution in [0.2, 0.25) is 0 Å². The highest BCUT2D eigenvalue weighted by Gasteiger charge is 2.43. The van der Waals surface area contributed by atoms with Crippen LogP contribution >= 0.6 is 0 Å². The third kappa shape index (κ3) is 4.20. The Morgan fingerprint density at radius 1 is 1.18 bits per heavy atom. The van der Waals surface area contributed by atoms with Gasteiger partial charge in [-0.05, 0) is 80.9 Å². The predicted octanol–water partition coefficient (Wildman–Crippen LogP) is 4.15. The van der Waals surface area contributed by atoms with Gasteiger partial charge in [-0.25, -0.2) is 12.8 Å². The third-order valence-corrected chi connectivity index (χ3v) is 6.51. The number of anilines is 1. The van der Waals surface area contributed by atoms with Crippen LogP contribution in [-0.4, -0.2) is 21.0 Å². The minimum absolute atomic E-state index is 0.0376. The van der Waals surface area contributed by atoms with E-state index in [0.717, 1.165) is 18.1 Å². The number of nitrogens with one attached hydrogen (secondary N) is 1. The number of carbonyl (C=O) groups excluding carboxylic acids is 1. The van der Waals surface area contributed by atoms with Gasteiger partial charge in [0, 0.05) is 17.8 Å². The zero-order valence-electron chi connectivity index (χ0n) is 15.6. The van der Waals surface area contributed by atoms with Crippen molar-refractivity contribution >= 4 is 28.1 Å². The Morgan fingerprint density at radius 3 is 2.46 bits per heavy atom. The summed E-state index contributed by atoms with van der Waals surface area (Å²) in [7, 11) is -3.84. The maximum absolute atomic E-state index is 13.6. The highest BCUT2D eigenvalue weighted by Crippen LogP contribution is 2.44. The van der Waals surface area contributed by atoms with Gasteiger partial charge >= 0.3 is 0 Å². The van der Waals surface area contributed by atoms with Crippen LogP contribution in [0.3, 0.4) is 0 Å². The molecule has 3 rings (SSSR count). The first-order valence-electron chi connectivity index (χ1n) is 8.78. The number of hydrogen-bond acceptors (Lipinski definition) is 4. The van der Waals surface area contributed by atoms with E-state index in [-0.39, 0.29) is 27.5 Å². The molecule has 0 aliphatic heterocycles. The lowest BCUT2D eigenvalue weighted by molar-refractivity contribution is -0.117. The van der Waals surface area contributed by atoms with Crippen LogP contribution < -0.4 is 5.32 Å². The molecule has 7 heteroatoms. The number of amides is 1. The number of benzene rings is 2. The van der Waals surface area contributed by atoms with E-state index >= 15 is 0 Å². The van der Waals surface area contributed by atoms with Gasteiger partial charge in [0.15, 0.2) is 0 Å². The summed E-state index contributed by atoms with van der Waals surface area (Å²) in [5.74, 6) is -0.659. The average Bonchev–Trinajstić information content (AvgIpc) is 3.42. The smallest absolute Gasteiger partial charge is 0.228 e. The molecule has 1 fully saturated rings. The first kappa shape index (κ1) is 19.9. The van der Waals surface area contributed by atoms with Crippen molar-refractivity contribution in [3.05, 3.63) is 65.6 Å². The van der Waals surface area contributed by atoms with Crippen LogP contribution in [0.4, 0.5) is 10.1 Å². The van der Waals surface area contributed by atoms with Crippen LogP contribution in [0.1, 0.15) is 18.9 Å². The van der Waals surface area contributed by atoms with E-state index in [2.05, 4.69) is 17.0 Å². The standard InChI is InChI=1S/C21H21FN2O3S/c1-13-8-15(22)10-18(9-13)28(26,27)17-6-4-16(5-7-17)24-21(25)20-11-19(20)14(2)12-23-3/h4-10,12,19-20H,3,11H2,1-2H3,(H,24,25)/b14-12+. The van der Waals surface area contributed by atoms with Crippen LogP contribution in [-0.2, 0) is 14.6 Å². The molecule has 1 saturated carbocycles. The maximum Gasteiger partial charge on any atom is 0.228 e. The van der Waals surface area contributed by atoms with Crippen LogP contribution in [0, 0.1) is 24.6 Å². The number of sulfone groups is 1. The molecule has 1 aliphatic carbocycles. The van der Waals surface area contributed by atoms with Gasteiger partial charge in [-0.3, -0.25) is 9.79 Å². The van der Waals surface area contributed by atoms with Gasteiger partial charge in [0.25, 0.3) is 0 Å². The molecule has 0 spiro atoms. The van der Waals surface area contributed by atoms with Crippen molar-refractivity contribution in [1.82, 2.24) is 0 Å². The molecule has 0 aromatic heterocycles. The quantitative estimate of drug-likeness (QED) is 0.740. The van der Waals surface area contributed by atoms with E-state index in [0.29, 0.717) is 11.3 Å². The van der Waals surface area contributed by atoms with Crippen molar-refractivity contribution in [1.29, 1.82) is 0 Å². The van der Waals surface area contributed by atoms with Crippen molar-refractivity contribution in [2.45, 2.75) is 30.1 Å². The number of carbonyl (C=O) groups is 1. The fourth-order valence-electron chi connectivity index (χ4n) is 3.17. The maximum atomic E-state index is 13.6. The van der Waals surface area contributed by atoms with Crippen LogP contribution in [0.15, 0.2) is 69.0 Å². The number of rotatable bonds is 6. The van der Waals surface area contributed by atoms with E-state index < -0.39 is 15.7 Å². The van der Waals surface area contributed by atoms with E-state index in [1.807, 2.05) is 6.92 Å². The second kappa shape index (κ2) is 7.67. The fraction of sp³-hybridized carbons (Fsp3) is 0.238. The molecule has 146 valence electrons. The van der Waals surface area contributed by atoms with E-state index in [1.165, 1.54) is 36.4 Å². The van der Waals surface area contributed by atoms with E-state index in [1.54, 1.807) is 13.1 Å². The zero-order chi connectivity index (χ0) is 20.5.